The zero-order valence-electron chi connectivity index (χ0n) is 17.5. The van der Waals surface area contributed by atoms with Crippen molar-refractivity contribution in [3.05, 3.63) is 94.9 Å². The number of para-hydroxylation sites is 1. The van der Waals surface area contributed by atoms with Crippen LogP contribution in [0.5, 0.6) is 0 Å². The van der Waals surface area contributed by atoms with E-state index in [1.54, 1.807) is 11.6 Å². The number of nitro groups is 1. The predicted octanol–water partition coefficient (Wildman–Crippen LogP) is 3.60. The molecule has 9 nitrogen and oxygen atoms in total. The predicted molar refractivity (Wildman–Crippen MR) is 119 cm³/mol. The SMILES string of the molecule is CC(Cn1cc([N+](=O)[O-])cn1)C(=O)NCc1cn(-c2ccccc2)nc1-c1ccccc1. The van der Waals surface area contributed by atoms with Crippen LogP contribution in [-0.4, -0.2) is 30.4 Å². The van der Waals surface area contributed by atoms with E-state index in [4.69, 9.17) is 5.10 Å². The van der Waals surface area contributed by atoms with E-state index in [9.17, 15) is 14.9 Å². The molecule has 162 valence electrons. The first-order valence-corrected chi connectivity index (χ1v) is 10.1. The molecule has 2 aromatic heterocycles. The van der Waals surface area contributed by atoms with Gasteiger partial charge in [-0.1, -0.05) is 55.5 Å². The van der Waals surface area contributed by atoms with Gasteiger partial charge in [-0.3, -0.25) is 19.6 Å². The second-order valence-electron chi connectivity index (χ2n) is 7.45. The number of hydrogen-bond donors (Lipinski definition) is 1. The number of nitrogens with zero attached hydrogens (tertiary/aromatic N) is 5. The molecule has 0 bridgehead atoms. The Balaban J connectivity index is 1.49. The van der Waals surface area contributed by atoms with Gasteiger partial charge >= 0.3 is 5.69 Å². The Morgan fingerprint density at radius 3 is 2.44 bits per heavy atom. The number of carbonyl (C=O) groups excluding carboxylic acids is 1. The minimum Gasteiger partial charge on any atom is -0.352 e. The van der Waals surface area contributed by atoms with E-state index >= 15 is 0 Å². The molecular weight excluding hydrogens is 408 g/mol. The average molecular weight is 430 g/mol. The minimum atomic E-state index is -0.510. The highest BCUT2D eigenvalue weighted by Crippen LogP contribution is 2.23. The molecule has 32 heavy (non-hydrogen) atoms. The summed E-state index contributed by atoms with van der Waals surface area (Å²) in [5, 5.41) is 22.5. The Labute approximate surface area is 184 Å². The summed E-state index contributed by atoms with van der Waals surface area (Å²) in [5.74, 6) is -0.589. The van der Waals surface area contributed by atoms with Crippen molar-refractivity contribution in [2.45, 2.75) is 20.0 Å². The first-order chi connectivity index (χ1) is 15.5. The van der Waals surface area contributed by atoms with E-state index in [0.717, 1.165) is 22.5 Å². The van der Waals surface area contributed by atoms with Gasteiger partial charge in [-0.05, 0) is 12.1 Å². The summed E-state index contributed by atoms with van der Waals surface area (Å²) in [6.45, 7) is 2.31. The van der Waals surface area contributed by atoms with E-state index in [1.807, 2.05) is 66.9 Å². The zero-order chi connectivity index (χ0) is 22.5. The average Bonchev–Trinajstić information content (AvgIpc) is 3.46. The molecule has 4 aromatic rings. The third-order valence-electron chi connectivity index (χ3n) is 5.05. The summed E-state index contributed by atoms with van der Waals surface area (Å²) in [6, 6.07) is 19.6. The molecule has 1 amide bonds. The molecule has 0 aliphatic carbocycles. The van der Waals surface area contributed by atoms with Crippen LogP contribution in [0.3, 0.4) is 0 Å². The lowest BCUT2D eigenvalue weighted by Gasteiger charge is -2.12. The van der Waals surface area contributed by atoms with Crippen LogP contribution in [-0.2, 0) is 17.9 Å². The van der Waals surface area contributed by atoms with Gasteiger partial charge < -0.3 is 5.32 Å². The molecule has 4 rings (SSSR count). The van der Waals surface area contributed by atoms with Gasteiger partial charge in [-0.2, -0.15) is 10.2 Å². The van der Waals surface area contributed by atoms with Gasteiger partial charge in [0.15, 0.2) is 0 Å². The van der Waals surface area contributed by atoms with Crippen LogP contribution in [0.1, 0.15) is 12.5 Å². The fraction of sp³-hybridized carbons (Fsp3) is 0.174. The van der Waals surface area contributed by atoms with Crippen molar-refractivity contribution in [2.24, 2.45) is 5.92 Å². The molecule has 9 heteroatoms. The number of benzene rings is 2. The maximum Gasteiger partial charge on any atom is 0.306 e. The summed E-state index contributed by atoms with van der Waals surface area (Å²) in [5.41, 5.74) is 3.47. The highest BCUT2D eigenvalue weighted by Gasteiger charge is 2.18. The quantitative estimate of drug-likeness (QED) is 0.339. The topological polar surface area (TPSA) is 108 Å². The second kappa shape index (κ2) is 9.25. The van der Waals surface area contributed by atoms with E-state index < -0.39 is 10.8 Å². The summed E-state index contributed by atoms with van der Waals surface area (Å²) in [7, 11) is 0. The lowest BCUT2D eigenvalue weighted by molar-refractivity contribution is -0.385. The zero-order valence-corrected chi connectivity index (χ0v) is 17.5. The lowest BCUT2D eigenvalue weighted by atomic mass is 10.1. The normalized spacial score (nSPS) is 11.8. The van der Waals surface area contributed by atoms with Crippen LogP contribution in [0.25, 0.3) is 16.9 Å². The Morgan fingerprint density at radius 1 is 1.09 bits per heavy atom. The maximum atomic E-state index is 12.7. The Hall–Kier alpha value is -4.27. The third-order valence-corrected chi connectivity index (χ3v) is 5.05. The van der Waals surface area contributed by atoms with Crippen molar-refractivity contribution >= 4 is 11.6 Å². The Kier molecular flexibility index (Phi) is 6.07. The van der Waals surface area contributed by atoms with Crippen LogP contribution in [0.15, 0.2) is 79.3 Å². The Bertz CT molecular complexity index is 1220. The molecule has 2 aromatic carbocycles. The molecule has 1 unspecified atom stereocenters. The molecule has 0 spiro atoms. The number of hydrogen-bond acceptors (Lipinski definition) is 5. The molecule has 1 atom stereocenters. The third kappa shape index (κ3) is 4.72. The largest absolute Gasteiger partial charge is 0.352 e. The van der Waals surface area contributed by atoms with Crippen molar-refractivity contribution in [1.82, 2.24) is 24.9 Å². The molecule has 0 aliphatic rings. The molecule has 0 saturated carbocycles. The number of amides is 1. The first-order valence-electron chi connectivity index (χ1n) is 10.1. The molecule has 1 N–H and O–H groups in total. The molecule has 0 radical (unpaired) electrons. The smallest absolute Gasteiger partial charge is 0.306 e. The fourth-order valence-corrected chi connectivity index (χ4v) is 3.36. The van der Waals surface area contributed by atoms with Gasteiger partial charge in [-0.25, -0.2) is 4.68 Å². The molecular formula is C23H22N6O3. The first kappa shape index (κ1) is 21.0. The molecule has 0 saturated heterocycles. The van der Waals surface area contributed by atoms with Gasteiger partial charge in [0.1, 0.15) is 12.4 Å². The van der Waals surface area contributed by atoms with Gasteiger partial charge in [0.05, 0.1) is 28.8 Å². The minimum absolute atomic E-state index is 0.0987. The van der Waals surface area contributed by atoms with Gasteiger partial charge in [0.2, 0.25) is 5.91 Å². The molecule has 0 fully saturated rings. The molecule has 2 heterocycles. The van der Waals surface area contributed by atoms with Crippen molar-refractivity contribution in [3.63, 3.8) is 0 Å². The van der Waals surface area contributed by atoms with Gasteiger partial charge in [0, 0.05) is 23.9 Å². The lowest BCUT2D eigenvalue weighted by Crippen LogP contribution is -2.31. The van der Waals surface area contributed by atoms with Crippen molar-refractivity contribution < 1.29 is 9.72 Å². The van der Waals surface area contributed by atoms with Crippen molar-refractivity contribution in [1.29, 1.82) is 0 Å². The van der Waals surface area contributed by atoms with E-state index in [0.29, 0.717) is 6.54 Å². The van der Waals surface area contributed by atoms with Crippen LogP contribution in [0.4, 0.5) is 5.69 Å². The van der Waals surface area contributed by atoms with Crippen molar-refractivity contribution in [2.75, 3.05) is 0 Å². The highest BCUT2D eigenvalue weighted by atomic mass is 16.6. The number of nitrogens with one attached hydrogen (secondary N) is 1. The van der Waals surface area contributed by atoms with Gasteiger partial charge in [-0.15, -0.1) is 0 Å². The van der Waals surface area contributed by atoms with Crippen LogP contribution >= 0.6 is 0 Å². The van der Waals surface area contributed by atoms with Crippen LogP contribution in [0.2, 0.25) is 0 Å². The maximum absolute atomic E-state index is 12.7. The van der Waals surface area contributed by atoms with E-state index in [-0.39, 0.29) is 18.1 Å². The van der Waals surface area contributed by atoms with Crippen LogP contribution < -0.4 is 5.32 Å². The highest BCUT2D eigenvalue weighted by molar-refractivity contribution is 5.78. The summed E-state index contributed by atoms with van der Waals surface area (Å²) >= 11 is 0. The standard InChI is InChI=1S/C23H22N6O3/c1-17(14-27-16-21(13-25-27)29(31)32)23(30)24-12-19-15-28(20-10-6-3-7-11-20)26-22(19)18-8-4-2-5-9-18/h2-11,13,15-17H,12,14H2,1H3,(H,24,30). The summed E-state index contributed by atoms with van der Waals surface area (Å²) < 4.78 is 3.21. The van der Waals surface area contributed by atoms with Crippen LogP contribution in [0, 0.1) is 16.0 Å². The van der Waals surface area contributed by atoms with E-state index in [1.165, 1.54) is 17.1 Å². The summed E-state index contributed by atoms with van der Waals surface area (Å²) in [4.78, 5) is 23.0. The monoisotopic (exact) mass is 430 g/mol. The molecule has 0 aliphatic heterocycles. The Morgan fingerprint density at radius 2 is 1.78 bits per heavy atom. The van der Waals surface area contributed by atoms with E-state index in [2.05, 4.69) is 10.4 Å². The van der Waals surface area contributed by atoms with Gasteiger partial charge in [0.25, 0.3) is 0 Å². The number of aromatic nitrogens is 4. The number of rotatable bonds is 8. The summed E-state index contributed by atoms with van der Waals surface area (Å²) in [6.07, 6.45) is 4.41. The van der Waals surface area contributed by atoms with Crippen molar-refractivity contribution in [3.8, 4) is 16.9 Å². The number of carbonyl (C=O) groups is 1. The second-order valence-corrected chi connectivity index (χ2v) is 7.45. The fourth-order valence-electron chi connectivity index (χ4n) is 3.36.